The van der Waals surface area contributed by atoms with Crippen molar-refractivity contribution < 1.29 is 4.74 Å². The van der Waals surface area contributed by atoms with E-state index in [9.17, 15) is 0 Å². The van der Waals surface area contributed by atoms with E-state index >= 15 is 0 Å². The van der Waals surface area contributed by atoms with Crippen LogP contribution < -0.4 is 10.5 Å². The molecule has 0 saturated heterocycles. The Morgan fingerprint density at radius 2 is 1.83 bits per heavy atom. The fourth-order valence-electron chi connectivity index (χ4n) is 2.19. The quantitative estimate of drug-likeness (QED) is 0.880. The highest BCUT2D eigenvalue weighted by molar-refractivity contribution is 5.36. The van der Waals surface area contributed by atoms with Crippen LogP contribution in [-0.2, 0) is 0 Å². The van der Waals surface area contributed by atoms with Crippen LogP contribution in [0.1, 0.15) is 45.2 Å². The molecular weight excluding hydrogens is 222 g/mol. The maximum atomic E-state index is 6.21. The lowest BCUT2D eigenvalue weighted by Gasteiger charge is -2.35. The summed E-state index contributed by atoms with van der Waals surface area (Å²) in [6.07, 6.45) is 0.955. The van der Waals surface area contributed by atoms with Crippen LogP contribution in [-0.4, -0.2) is 12.1 Å². The molecule has 0 bridgehead atoms. The van der Waals surface area contributed by atoms with E-state index in [4.69, 9.17) is 10.5 Å². The van der Waals surface area contributed by atoms with E-state index < -0.39 is 0 Å². The van der Waals surface area contributed by atoms with Gasteiger partial charge in [-0.3, -0.25) is 0 Å². The van der Waals surface area contributed by atoms with Gasteiger partial charge < -0.3 is 10.5 Å². The Hall–Kier alpha value is -1.02. The third kappa shape index (κ3) is 3.74. The zero-order valence-electron chi connectivity index (χ0n) is 12.6. The van der Waals surface area contributed by atoms with Crippen LogP contribution >= 0.6 is 0 Å². The minimum atomic E-state index is 0.0314. The summed E-state index contributed by atoms with van der Waals surface area (Å²) in [4.78, 5) is 0. The summed E-state index contributed by atoms with van der Waals surface area (Å²) in [5.74, 6) is 0.949. The van der Waals surface area contributed by atoms with Crippen LogP contribution in [0.15, 0.2) is 18.2 Å². The van der Waals surface area contributed by atoms with Crippen molar-refractivity contribution in [1.29, 1.82) is 0 Å². The normalized spacial score (nSPS) is 15.3. The van der Waals surface area contributed by atoms with Crippen molar-refractivity contribution in [2.75, 3.05) is 0 Å². The van der Waals surface area contributed by atoms with Crippen LogP contribution in [0.3, 0.4) is 0 Å². The monoisotopic (exact) mass is 249 g/mol. The third-order valence-electron chi connectivity index (χ3n) is 3.30. The zero-order chi connectivity index (χ0) is 13.9. The molecule has 102 valence electrons. The second-order valence-corrected chi connectivity index (χ2v) is 6.25. The molecule has 2 nitrogen and oxygen atoms in total. The molecule has 18 heavy (non-hydrogen) atoms. The van der Waals surface area contributed by atoms with Crippen LogP contribution in [0.25, 0.3) is 0 Å². The highest BCUT2D eigenvalue weighted by atomic mass is 16.5. The Morgan fingerprint density at radius 3 is 2.28 bits per heavy atom. The van der Waals surface area contributed by atoms with E-state index in [0.29, 0.717) is 0 Å². The van der Waals surface area contributed by atoms with E-state index in [1.165, 1.54) is 11.1 Å². The molecule has 1 aromatic rings. The van der Waals surface area contributed by atoms with Crippen molar-refractivity contribution in [3.8, 4) is 5.75 Å². The third-order valence-corrected chi connectivity index (χ3v) is 3.30. The number of aryl methyl sites for hydroxylation is 2. The molecule has 2 atom stereocenters. The first-order valence-corrected chi connectivity index (χ1v) is 6.75. The van der Waals surface area contributed by atoms with E-state index in [-0.39, 0.29) is 17.6 Å². The van der Waals surface area contributed by atoms with Gasteiger partial charge in [0.15, 0.2) is 0 Å². The van der Waals surface area contributed by atoms with Gasteiger partial charge in [-0.2, -0.15) is 0 Å². The molecule has 0 radical (unpaired) electrons. The Kier molecular flexibility index (Phi) is 4.80. The lowest BCUT2D eigenvalue weighted by molar-refractivity contribution is 0.0615. The molecule has 2 heteroatoms. The van der Waals surface area contributed by atoms with Crippen molar-refractivity contribution in [3.63, 3.8) is 0 Å². The standard InChI is InChI=1S/C16H27NO/c1-7-13(17)15(16(4,5)6)18-14-9-8-11(2)10-12(14)3/h8-10,13,15H,7,17H2,1-6H3. The molecule has 0 fully saturated rings. The van der Waals surface area contributed by atoms with Crippen LogP contribution in [0.5, 0.6) is 5.75 Å². The van der Waals surface area contributed by atoms with Crippen molar-refractivity contribution in [2.24, 2.45) is 11.1 Å². The molecule has 0 aromatic heterocycles. The molecule has 0 aliphatic heterocycles. The van der Waals surface area contributed by atoms with Gasteiger partial charge in [0.25, 0.3) is 0 Å². The first-order valence-electron chi connectivity index (χ1n) is 6.75. The molecule has 0 heterocycles. The molecule has 0 saturated carbocycles. The van der Waals surface area contributed by atoms with Gasteiger partial charge in [0.1, 0.15) is 11.9 Å². The Labute approximate surface area is 112 Å². The smallest absolute Gasteiger partial charge is 0.122 e. The summed E-state index contributed by atoms with van der Waals surface area (Å²) < 4.78 is 6.19. The molecule has 2 N–H and O–H groups in total. The summed E-state index contributed by atoms with van der Waals surface area (Å²) >= 11 is 0. The topological polar surface area (TPSA) is 35.2 Å². The Balaban J connectivity index is 2.96. The Morgan fingerprint density at radius 1 is 1.22 bits per heavy atom. The molecule has 1 rings (SSSR count). The lowest BCUT2D eigenvalue weighted by atomic mass is 9.84. The van der Waals surface area contributed by atoms with E-state index in [1.54, 1.807) is 0 Å². The highest BCUT2D eigenvalue weighted by Crippen LogP contribution is 2.29. The van der Waals surface area contributed by atoms with Crippen LogP contribution in [0.4, 0.5) is 0 Å². The average Bonchev–Trinajstić information content (AvgIpc) is 2.25. The van der Waals surface area contributed by atoms with E-state index in [0.717, 1.165) is 12.2 Å². The van der Waals surface area contributed by atoms with Crippen molar-refractivity contribution in [3.05, 3.63) is 29.3 Å². The second kappa shape index (κ2) is 5.75. The van der Waals surface area contributed by atoms with Crippen molar-refractivity contribution in [2.45, 2.75) is 60.1 Å². The van der Waals surface area contributed by atoms with Gasteiger partial charge in [0.05, 0.1) is 0 Å². The largest absolute Gasteiger partial charge is 0.488 e. The number of nitrogens with two attached hydrogens (primary N) is 1. The molecule has 1 aromatic carbocycles. The number of benzene rings is 1. The molecule has 0 spiro atoms. The SMILES string of the molecule is CCC(N)C(Oc1ccc(C)cc1C)C(C)(C)C. The minimum Gasteiger partial charge on any atom is -0.488 e. The maximum Gasteiger partial charge on any atom is 0.122 e. The molecule has 2 unspecified atom stereocenters. The molecule has 0 aliphatic rings. The number of ether oxygens (including phenoxy) is 1. The second-order valence-electron chi connectivity index (χ2n) is 6.25. The molecule has 0 amide bonds. The maximum absolute atomic E-state index is 6.21. The number of rotatable bonds is 4. The minimum absolute atomic E-state index is 0.0314. The van der Waals surface area contributed by atoms with Crippen molar-refractivity contribution in [1.82, 2.24) is 0 Å². The summed E-state index contributed by atoms with van der Waals surface area (Å²) in [5, 5.41) is 0. The first-order chi connectivity index (χ1) is 8.25. The number of hydrogen-bond acceptors (Lipinski definition) is 2. The zero-order valence-corrected chi connectivity index (χ0v) is 12.6. The summed E-state index contributed by atoms with van der Waals surface area (Å²) in [5.41, 5.74) is 8.67. The summed E-state index contributed by atoms with van der Waals surface area (Å²) in [7, 11) is 0. The number of hydrogen-bond donors (Lipinski definition) is 1. The Bertz CT molecular complexity index is 393. The molecular formula is C16H27NO. The van der Waals surface area contributed by atoms with Gasteiger partial charge in [0, 0.05) is 11.5 Å². The fourth-order valence-corrected chi connectivity index (χ4v) is 2.19. The van der Waals surface area contributed by atoms with Gasteiger partial charge in [-0.1, -0.05) is 45.4 Å². The van der Waals surface area contributed by atoms with E-state index in [2.05, 4.69) is 53.7 Å². The van der Waals surface area contributed by atoms with Gasteiger partial charge in [-0.25, -0.2) is 0 Å². The van der Waals surface area contributed by atoms with Gasteiger partial charge >= 0.3 is 0 Å². The lowest BCUT2D eigenvalue weighted by Crippen LogP contribution is -2.47. The average molecular weight is 249 g/mol. The van der Waals surface area contributed by atoms with Gasteiger partial charge in [0.2, 0.25) is 0 Å². The summed E-state index contributed by atoms with van der Waals surface area (Å²) in [6, 6.07) is 6.34. The predicted molar refractivity (Wildman–Crippen MR) is 78.1 cm³/mol. The van der Waals surface area contributed by atoms with Crippen molar-refractivity contribution >= 4 is 0 Å². The predicted octanol–water partition coefficient (Wildman–Crippen LogP) is 3.83. The highest BCUT2D eigenvalue weighted by Gasteiger charge is 2.31. The van der Waals surface area contributed by atoms with Crippen LogP contribution in [0.2, 0.25) is 0 Å². The fraction of sp³-hybridized carbons (Fsp3) is 0.625. The molecule has 0 aliphatic carbocycles. The van der Waals surface area contributed by atoms with E-state index in [1.807, 2.05) is 6.07 Å². The van der Waals surface area contributed by atoms with Gasteiger partial charge in [-0.05, 0) is 31.9 Å². The van der Waals surface area contributed by atoms with Gasteiger partial charge in [-0.15, -0.1) is 0 Å². The first kappa shape index (κ1) is 15.0. The van der Waals surface area contributed by atoms with Crippen LogP contribution in [0, 0.1) is 19.3 Å². The summed E-state index contributed by atoms with van der Waals surface area (Å²) in [6.45, 7) is 12.8.